The molecule has 2 aromatic rings. The van der Waals surface area contributed by atoms with Crippen molar-refractivity contribution < 1.29 is 0 Å². The number of anilines is 3. The lowest BCUT2D eigenvalue weighted by molar-refractivity contribution is 0.245. The molecule has 3 aliphatic heterocycles. The topological polar surface area (TPSA) is 26.1 Å². The largest absolute Gasteiger partial charge is 0.371 e. The number of benzene rings is 2. The molecule has 6 heteroatoms. The van der Waals surface area contributed by atoms with Crippen LogP contribution in [0.25, 0.3) is 4.85 Å². The number of halogens is 1. The van der Waals surface area contributed by atoms with Gasteiger partial charge >= 0.3 is 0 Å². The first kappa shape index (κ1) is 21.4. The third-order valence-corrected chi connectivity index (χ3v) is 7.97. The number of piperazine rings is 1. The highest BCUT2D eigenvalue weighted by molar-refractivity contribution is 6.33. The van der Waals surface area contributed by atoms with Crippen molar-refractivity contribution in [3.05, 3.63) is 58.9 Å². The molecule has 0 unspecified atom stereocenters. The Bertz CT molecular complexity index is 984. The van der Waals surface area contributed by atoms with Crippen LogP contribution in [0.4, 0.5) is 22.7 Å². The molecule has 3 fully saturated rings. The van der Waals surface area contributed by atoms with Crippen molar-refractivity contribution in [2.75, 3.05) is 60.5 Å². The SMILES string of the molecule is [C-]#[N+]c1ccc(N2CC3(CCN(c4ccc(N5CCNCC5)cc4)CC3)C[C@@H]2C)cc1Cl. The summed E-state index contributed by atoms with van der Waals surface area (Å²) >= 11 is 6.33. The van der Waals surface area contributed by atoms with Crippen LogP contribution >= 0.6 is 11.6 Å². The molecule has 0 aromatic heterocycles. The lowest BCUT2D eigenvalue weighted by Gasteiger charge is -2.40. The van der Waals surface area contributed by atoms with Crippen LogP contribution in [0.1, 0.15) is 26.2 Å². The third kappa shape index (κ3) is 4.14. The molecule has 0 radical (unpaired) electrons. The van der Waals surface area contributed by atoms with Gasteiger partial charge in [-0.25, -0.2) is 4.85 Å². The van der Waals surface area contributed by atoms with Crippen molar-refractivity contribution in [2.24, 2.45) is 5.41 Å². The minimum absolute atomic E-state index is 0.377. The lowest BCUT2D eigenvalue weighted by Crippen LogP contribution is -2.43. The minimum atomic E-state index is 0.377. The van der Waals surface area contributed by atoms with Gasteiger partial charge in [-0.1, -0.05) is 17.7 Å². The van der Waals surface area contributed by atoms with Crippen LogP contribution in [0.2, 0.25) is 5.02 Å². The van der Waals surface area contributed by atoms with Crippen LogP contribution in [0, 0.1) is 12.0 Å². The number of hydrogen-bond donors (Lipinski definition) is 1. The average molecular weight is 450 g/mol. The molecule has 3 saturated heterocycles. The van der Waals surface area contributed by atoms with Crippen molar-refractivity contribution in [3.63, 3.8) is 0 Å². The highest BCUT2D eigenvalue weighted by atomic mass is 35.5. The molecule has 0 bridgehead atoms. The van der Waals surface area contributed by atoms with Gasteiger partial charge in [-0.05, 0) is 68.0 Å². The predicted octanol–water partition coefficient (Wildman–Crippen LogP) is 5.19. The van der Waals surface area contributed by atoms with Gasteiger partial charge in [0, 0.05) is 73.9 Å². The van der Waals surface area contributed by atoms with Crippen LogP contribution in [-0.4, -0.2) is 51.9 Å². The smallest absolute Gasteiger partial charge is 0.205 e. The Morgan fingerprint density at radius 1 is 0.938 bits per heavy atom. The summed E-state index contributed by atoms with van der Waals surface area (Å²) in [5, 5.41) is 3.98. The van der Waals surface area contributed by atoms with Crippen molar-refractivity contribution in [2.45, 2.75) is 32.2 Å². The maximum absolute atomic E-state index is 7.23. The van der Waals surface area contributed by atoms with E-state index in [2.05, 4.69) is 62.1 Å². The Hall–Kier alpha value is -2.42. The van der Waals surface area contributed by atoms with Gasteiger partial charge in [0.05, 0.1) is 6.57 Å². The van der Waals surface area contributed by atoms with Crippen molar-refractivity contribution >= 4 is 34.4 Å². The van der Waals surface area contributed by atoms with E-state index >= 15 is 0 Å². The first-order valence-electron chi connectivity index (χ1n) is 11.8. The second-order valence-electron chi connectivity index (χ2n) is 9.67. The van der Waals surface area contributed by atoms with Gasteiger partial charge in [-0.3, -0.25) is 0 Å². The van der Waals surface area contributed by atoms with Gasteiger partial charge in [0.2, 0.25) is 5.69 Å². The zero-order chi connectivity index (χ0) is 22.1. The molecule has 0 saturated carbocycles. The van der Waals surface area contributed by atoms with Gasteiger partial charge in [0.25, 0.3) is 0 Å². The van der Waals surface area contributed by atoms with Gasteiger partial charge in [0.1, 0.15) is 0 Å². The Morgan fingerprint density at radius 3 is 2.12 bits per heavy atom. The standard InChI is InChI=1S/C26H32ClN5/c1-20-18-26(19-32(20)23-7-8-25(28-2)24(27)17-23)9-13-30(14-10-26)21-3-5-22(6-4-21)31-15-11-29-12-16-31/h3-8,17,20,29H,9-16,18-19H2,1H3/t20-/m0/s1. The zero-order valence-corrected chi connectivity index (χ0v) is 19.6. The van der Waals surface area contributed by atoms with Gasteiger partial charge in [0.15, 0.2) is 0 Å². The van der Waals surface area contributed by atoms with E-state index in [0.29, 0.717) is 22.2 Å². The highest BCUT2D eigenvalue weighted by Crippen LogP contribution is 2.46. The van der Waals surface area contributed by atoms with E-state index in [1.807, 2.05) is 12.1 Å². The van der Waals surface area contributed by atoms with Crippen LogP contribution in [-0.2, 0) is 0 Å². The van der Waals surface area contributed by atoms with Gasteiger partial charge < -0.3 is 20.0 Å². The first-order chi connectivity index (χ1) is 15.6. The van der Waals surface area contributed by atoms with Gasteiger partial charge in [-0.15, -0.1) is 0 Å². The third-order valence-electron chi connectivity index (χ3n) is 7.67. The summed E-state index contributed by atoms with van der Waals surface area (Å²) in [6.45, 7) is 17.2. The van der Waals surface area contributed by atoms with Gasteiger partial charge in [-0.2, -0.15) is 0 Å². The number of hydrogen-bond acceptors (Lipinski definition) is 4. The Kier molecular flexibility index (Phi) is 5.92. The van der Waals surface area contributed by atoms with E-state index in [1.54, 1.807) is 0 Å². The monoisotopic (exact) mass is 449 g/mol. The molecule has 0 aliphatic carbocycles. The summed E-state index contributed by atoms with van der Waals surface area (Å²) in [6, 6.07) is 15.6. The fraction of sp³-hybridized carbons (Fsp3) is 0.500. The van der Waals surface area contributed by atoms with E-state index in [0.717, 1.165) is 51.5 Å². The minimum Gasteiger partial charge on any atom is -0.371 e. The van der Waals surface area contributed by atoms with Crippen molar-refractivity contribution in [1.82, 2.24) is 5.32 Å². The summed E-state index contributed by atoms with van der Waals surface area (Å²) in [5.41, 5.74) is 4.75. The maximum atomic E-state index is 7.23. The predicted molar refractivity (Wildman–Crippen MR) is 135 cm³/mol. The average Bonchev–Trinajstić information content (AvgIpc) is 3.15. The van der Waals surface area contributed by atoms with E-state index in [9.17, 15) is 0 Å². The molecule has 1 atom stereocenters. The number of piperidine rings is 1. The second kappa shape index (κ2) is 8.84. The molecule has 2 aromatic carbocycles. The Morgan fingerprint density at radius 2 is 1.53 bits per heavy atom. The molecular weight excluding hydrogens is 418 g/mol. The molecule has 1 N–H and O–H groups in total. The zero-order valence-electron chi connectivity index (χ0n) is 18.9. The summed E-state index contributed by atoms with van der Waals surface area (Å²) in [5.74, 6) is 0. The molecule has 3 aliphatic rings. The summed E-state index contributed by atoms with van der Waals surface area (Å²) in [6.07, 6.45) is 3.67. The van der Waals surface area contributed by atoms with Crippen LogP contribution in [0.3, 0.4) is 0 Å². The first-order valence-corrected chi connectivity index (χ1v) is 12.2. The Balaban J connectivity index is 1.22. The van der Waals surface area contributed by atoms with E-state index in [-0.39, 0.29) is 0 Å². The second-order valence-corrected chi connectivity index (χ2v) is 10.1. The normalized spacial score (nSPS) is 22.9. The summed E-state index contributed by atoms with van der Waals surface area (Å²) in [4.78, 5) is 11.0. The molecule has 0 amide bonds. The van der Waals surface area contributed by atoms with Crippen LogP contribution < -0.4 is 20.0 Å². The van der Waals surface area contributed by atoms with E-state index in [4.69, 9.17) is 18.2 Å². The molecular formula is C26H32ClN5. The molecule has 168 valence electrons. The van der Waals surface area contributed by atoms with E-state index in [1.165, 1.54) is 30.6 Å². The molecule has 5 nitrogen and oxygen atoms in total. The summed E-state index contributed by atoms with van der Waals surface area (Å²) in [7, 11) is 0. The van der Waals surface area contributed by atoms with Crippen LogP contribution in [0.15, 0.2) is 42.5 Å². The fourth-order valence-electron chi connectivity index (χ4n) is 5.83. The molecule has 3 heterocycles. The number of rotatable bonds is 3. The maximum Gasteiger partial charge on any atom is 0.205 e. The lowest BCUT2D eigenvalue weighted by atomic mass is 9.76. The van der Waals surface area contributed by atoms with Crippen molar-refractivity contribution in [1.29, 1.82) is 0 Å². The van der Waals surface area contributed by atoms with E-state index < -0.39 is 0 Å². The number of nitrogens with one attached hydrogen (secondary N) is 1. The molecule has 32 heavy (non-hydrogen) atoms. The summed E-state index contributed by atoms with van der Waals surface area (Å²) < 4.78 is 0. The highest BCUT2D eigenvalue weighted by Gasteiger charge is 2.44. The number of nitrogens with zero attached hydrogens (tertiary/aromatic N) is 4. The Labute approximate surface area is 196 Å². The fourth-order valence-corrected chi connectivity index (χ4v) is 6.05. The van der Waals surface area contributed by atoms with Crippen molar-refractivity contribution in [3.8, 4) is 0 Å². The molecule has 5 rings (SSSR count). The van der Waals surface area contributed by atoms with Crippen LogP contribution in [0.5, 0.6) is 0 Å². The quantitative estimate of drug-likeness (QED) is 0.652. The molecule has 1 spiro atoms.